The summed E-state index contributed by atoms with van der Waals surface area (Å²) in [5.41, 5.74) is 3.57. The van der Waals surface area contributed by atoms with E-state index < -0.39 is 5.60 Å². The van der Waals surface area contributed by atoms with Crippen LogP contribution in [0.1, 0.15) is 42.4 Å². The average Bonchev–Trinajstić information content (AvgIpc) is 2.99. The number of benzene rings is 1. The van der Waals surface area contributed by atoms with E-state index in [4.69, 9.17) is 19.2 Å². The Labute approximate surface area is 246 Å². The molecule has 1 fully saturated rings. The van der Waals surface area contributed by atoms with Gasteiger partial charge in [-0.1, -0.05) is 6.07 Å². The Morgan fingerprint density at radius 3 is 2.31 bits per heavy atom. The minimum Gasteiger partial charge on any atom is -0.493 e. The quantitative estimate of drug-likeness (QED) is 0.459. The fraction of sp³-hybridized carbons (Fsp3) is 0.419. The first kappa shape index (κ1) is 29.0. The van der Waals surface area contributed by atoms with Crippen molar-refractivity contribution in [3.63, 3.8) is 0 Å². The SMILES string of the molecule is COc1cc2c(cc1OC)CN(c1cccc(C(=O)Nc3cnccc3N3CCN(C(=O)OC(C)(C)C)CC3)n1)CC2. The van der Waals surface area contributed by atoms with E-state index in [2.05, 4.69) is 20.1 Å². The van der Waals surface area contributed by atoms with Crippen LogP contribution in [-0.2, 0) is 17.7 Å². The summed E-state index contributed by atoms with van der Waals surface area (Å²) >= 11 is 0. The Bertz CT molecular complexity index is 1450. The van der Waals surface area contributed by atoms with E-state index in [1.165, 1.54) is 5.56 Å². The third-order valence-electron chi connectivity index (χ3n) is 7.33. The van der Waals surface area contributed by atoms with Gasteiger partial charge in [-0.25, -0.2) is 9.78 Å². The summed E-state index contributed by atoms with van der Waals surface area (Å²) in [5, 5.41) is 3.00. The summed E-state index contributed by atoms with van der Waals surface area (Å²) in [6.07, 6.45) is 3.85. The Hall–Kier alpha value is -4.54. The van der Waals surface area contributed by atoms with Crippen molar-refractivity contribution in [1.29, 1.82) is 0 Å². The molecule has 42 heavy (non-hydrogen) atoms. The number of carbonyl (C=O) groups excluding carboxylic acids is 2. The molecule has 1 aromatic carbocycles. The van der Waals surface area contributed by atoms with Crippen LogP contribution in [0.4, 0.5) is 22.0 Å². The molecule has 0 aliphatic carbocycles. The molecule has 1 N–H and O–H groups in total. The molecule has 2 aliphatic rings. The van der Waals surface area contributed by atoms with Crippen LogP contribution in [0.15, 0.2) is 48.8 Å². The van der Waals surface area contributed by atoms with E-state index in [1.54, 1.807) is 37.6 Å². The van der Waals surface area contributed by atoms with Crippen molar-refractivity contribution in [2.24, 2.45) is 0 Å². The number of piperazine rings is 1. The highest BCUT2D eigenvalue weighted by molar-refractivity contribution is 6.04. The second kappa shape index (κ2) is 12.1. The number of rotatable bonds is 6. The molecule has 222 valence electrons. The molecular weight excluding hydrogens is 536 g/mol. The van der Waals surface area contributed by atoms with Gasteiger partial charge < -0.3 is 34.2 Å². The first-order valence-electron chi connectivity index (χ1n) is 14.1. The van der Waals surface area contributed by atoms with Gasteiger partial charge in [-0.15, -0.1) is 0 Å². The lowest BCUT2D eigenvalue weighted by molar-refractivity contribution is 0.0240. The highest BCUT2D eigenvalue weighted by atomic mass is 16.6. The summed E-state index contributed by atoms with van der Waals surface area (Å²) < 4.78 is 16.5. The van der Waals surface area contributed by atoms with Gasteiger partial charge in [0.15, 0.2) is 11.5 Å². The van der Waals surface area contributed by atoms with Gasteiger partial charge in [-0.2, -0.15) is 0 Å². The van der Waals surface area contributed by atoms with Gasteiger partial charge in [0.25, 0.3) is 5.91 Å². The molecule has 11 heteroatoms. The molecular formula is C31H38N6O5. The minimum atomic E-state index is -0.539. The number of nitrogens with zero attached hydrogens (tertiary/aromatic N) is 5. The highest BCUT2D eigenvalue weighted by Gasteiger charge is 2.27. The molecule has 0 saturated carbocycles. The number of amides is 2. The molecule has 0 unspecified atom stereocenters. The van der Waals surface area contributed by atoms with E-state index in [0.717, 1.165) is 35.8 Å². The number of hydrogen-bond acceptors (Lipinski definition) is 9. The topological polar surface area (TPSA) is 109 Å². The van der Waals surface area contributed by atoms with Crippen molar-refractivity contribution in [1.82, 2.24) is 14.9 Å². The monoisotopic (exact) mass is 574 g/mol. The summed E-state index contributed by atoms with van der Waals surface area (Å²) in [5.74, 6) is 1.83. The van der Waals surface area contributed by atoms with Crippen molar-refractivity contribution in [2.75, 3.05) is 62.1 Å². The van der Waals surface area contributed by atoms with Crippen LogP contribution in [0.25, 0.3) is 0 Å². The van der Waals surface area contributed by atoms with Crippen molar-refractivity contribution in [3.8, 4) is 11.5 Å². The van der Waals surface area contributed by atoms with Gasteiger partial charge in [0.2, 0.25) is 0 Å². The Morgan fingerprint density at radius 2 is 1.62 bits per heavy atom. The Balaban J connectivity index is 1.26. The number of pyridine rings is 2. The second-order valence-corrected chi connectivity index (χ2v) is 11.3. The maximum Gasteiger partial charge on any atom is 0.410 e. The largest absolute Gasteiger partial charge is 0.493 e. The molecule has 1 saturated heterocycles. The van der Waals surface area contributed by atoms with Crippen molar-refractivity contribution in [3.05, 3.63) is 65.6 Å². The smallest absolute Gasteiger partial charge is 0.410 e. The van der Waals surface area contributed by atoms with Crippen LogP contribution in [0.3, 0.4) is 0 Å². The van der Waals surface area contributed by atoms with Gasteiger partial charge in [0.05, 0.1) is 31.8 Å². The van der Waals surface area contributed by atoms with Crippen LogP contribution >= 0.6 is 0 Å². The first-order chi connectivity index (χ1) is 20.1. The fourth-order valence-corrected chi connectivity index (χ4v) is 5.21. The predicted octanol–water partition coefficient (Wildman–Crippen LogP) is 4.37. The summed E-state index contributed by atoms with van der Waals surface area (Å²) in [6.45, 7) is 9.24. The molecule has 5 rings (SSSR count). The van der Waals surface area contributed by atoms with Crippen LogP contribution in [0, 0.1) is 0 Å². The van der Waals surface area contributed by atoms with Gasteiger partial charge >= 0.3 is 6.09 Å². The maximum atomic E-state index is 13.4. The number of anilines is 3. The van der Waals surface area contributed by atoms with Crippen molar-refractivity contribution in [2.45, 2.75) is 39.3 Å². The third-order valence-corrected chi connectivity index (χ3v) is 7.33. The summed E-state index contributed by atoms with van der Waals surface area (Å²) in [4.78, 5) is 40.8. The number of aromatic nitrogens is 2. The van der Waals surface area contributed by atoms with Crippen LogP contribution in [0.5, 0.6) is 11.5 Å². The zero-order valence-electron chi connectivity index (χ0n) is 24.8. The summed E-state index contributed by atoms with van der Waals surface area (Å²) in [6, 6.07) is 11.4. The van der Waals surface area contributed by atoms with E-state index in [0.29, 0.717) is 49.9 Å². The van der Waals surface area contributed by atoms with Crippen LogP contribution in [0.2, 0.25) is 0 Å². The molecule has 0 bridgehead atoms. The lowest BCUT2D eigenvalue weighted by Gasteiger charge is -2.37. The number of fused-ring (bicyclic) bond motifs is 1. The molecule has 2 aromatic heterocycles. The molecule has 2 aliphatic heterocycles. The van der Waals surface area contributed by atoms with Crippen molar-refractivity contribution >= 4 is 29.2 Å². The normalized spacial score (nSPS) is 15.1. The number of hydrogen-bond donors (Lipinski definition) is 1. The van der Waals surface area contributed by atoms with Gasteiger partial charge in [-0.05, 0) is 68.7 Å². The van der Waals surface area contributed by atoms with Crippen LogP contribution < -0.4 is 24.6 Å². The van der Waals surface area contributed by atoms with E-state index in [9.17, 15) is 9.59 Å². The van der Waals surface area contributed by atoms with Crippen LogP contribution in [-0.4, -0.2) is 79.4 Å². The van der Waals surface area contributed by atoms with Gasteiger partial charge in [0.1, 0.15) is 17.1 Å². The standard InChI is InChI=1S/C31H38N6O5/c1-31(2,3)42-30(39)36-15-13-35(14-16-36)25-9-11-32-19-24(25)34-29(38)23-7-6-8-28(33-23)37-12-10-21-17-26(40-4)27(41-5)18-22(21)20-37/h6-9,11,17-19H,10,12-16,20H2,1-5H3,(H,34,38). The number of nitrogens with one attached hydrogen (secondary N) is 1. The molecule has 3 aromatic rings. The predicted molar refractivity (Wildman–Crippen MR) is 161 cm³/mol. The zero-order chi connectivity index (χ0) is 29.9. The maximum absolute atomic E-state index is 13.4. The van der Waals surface area contributed by atoms with E-state index in [1.807, 2.05) is 51.1 Å². The molecule has 0 radical (unpaired) electrons. The molecule has 0 spiro atoms. The summed E-state index contributed by atoms with van der Waals surface area (Å²) in [7, 11) is 3.27. The third kappa shape index (κ3) is 6.50. The average molecular weight is 575 g/mol. The fourth-order valence-electron chi connectivity index (χ4n) is 5.21. The van der Waals surface area contributed by atoms with Gasteiger partial charge in [-0.3, -0.25) is 9.78 Å². The van der Waals surface area contributed by atoms with Gasteiger partial charge in [0, 0.05) is 45.5 Å². The number of carbonyl (C=O) groups is 2. The Kier molecular flexibility index (Phi) is 8.37. The molecule has 11 nitrogen and oxygen atoms in total. The first-order valence-corrected chi connectivity index (χ1v) is 14.1. The van der Waals surface area contributed by atoms with Crippen molar-refractivity contribution < 1.29 is 23.8 Å². The number of methoxy groups -OCH3 is 2. The zero-order valence-corrected chi connectivity index (χ0v) is 24.8. The van der Waals surface area contributed by atoms with E-state index in [-0.39, 0.29) is 12.0 Å². The van der Waals surface area contributed by atoms with E-state index >= 15 is 0 Å². The highest BCUT2D eigenvalue weighted by Crippen LogP contribution is 2.34. The lowest BCUT2D eigenvalue weighted by atomic mass is 9.98. The minimum absolute atomic E-state index is 0.313. The Morgan fingerprint density at radius 1 is 0.905 bits per heavy atom. The lowest BCUT2D eigenvalue weighted by Crippen LogP contribution is -2.50. The number of ether oxygens (including phenoxy) is 3. The molecule has 4 heterocycles. The second-order valence-electron chi connectivity index (χ2n) is 11.3. The molecule has 2 amide bonds. The molecule has 0 atom stereocenters.